The van der Waals surface area contributed by atoms with Crippen molar-refractivity contribution in [2.45, 2.75) is 25.3 Å². The van der Waals surface area contributed by atoms with Gasteiger partial charge in [0.2, 0.25) is 11.8 Å². The van der Waals surface area contributed by atoms with Crippen LogP contribution in [0.5, 0.6) is 11.5 Å². The second kappa shape index (κ2) is 7.54. The van der Waals surface area contributed by atoms with E-state index in [2.05, 4.69) is 17.4 Å². The Balaban J connectivity index is 1.45. The highest BCUT2D eigenvalue weighted by Crippen LogP contribution is 2.35. The second-order valence-corrected chi connectivity index (χ2v) is 7.24. The summed E-state index contributed by atoms with van der Waals surface area (Å²) in [5.74, 6) is 0.695. The Morgan fingerprint density at radius 3 is 2.68 bits per heavy atom. The monoisotopic (exact) mass is 380 g/mol. The molecule has 2 aliphatic rings. The number of ether oxygens (including phenoxy) is 2. The van der Waals surface area contributed by atoms with E-state index in [1.165, 1.54) is 11.1 Å². The first-order valence-electron chi connectivity index (χ1n) is 9.51. The SMILES string of the molecule is COc1ccc(N2CC(C(=O)NC3CCc4ccccc43)CC2=O)cc1OC. The van der Waals surface area contributed by atoms with E-state index in [0.29, 0.717) is 23.7 Å². The number of fused-ring (bicyclic) bond motifs is 1. The third-order valence-electron chi connectivity index (χ3n) is 5.62. The normalized spacial score (nSPS) is 20.8. The first kappa shape index (κ1) is 18.3. The quantitative estimate of drug-likeness (QED) is 0.866. The van der Waals surface area contributed by atoms with Crippen LogP contribution in [0, 0.1) is 5.92 Å². The molecule has 4 rings (SSSR count). The highest BCUT2D eigenvalue weighted by molar-refractivity contribution is 6.00. The Morgan fingerprint density at radius 1 is 1.11 bits per heavy atom. The summed E-state index contributed by atoms with van der Waals surface area (Å²) in [7, 11) is 3.13. The van der Waals surface area contributed by atoms with E-state index in [4.69, 9.17) is 9.47 Å². The van der Waals surface area contributed by atoms with Crippen molar-refractivity contribution in [1.82, 2.24) is 5.32 Å². The van der Waals surface area contributed by atoms with Crippen molar-refractivity contribution in [3.63, 3.8) is 0 Å². The van der Waals surface area contributed by atoms with Crippen LogP contribution >= 0.6 is 0 Å². The lowest BCUT2D eigenvalue weighted by Gasteiger charge is -2.20. The molecule has 0 spiro atoms. The summed E-state index contributed by atoms with van der Waals surface area (Å²) in [6, 6.07) is 13.6. The average Bonchev–Trinajstić information content (AvgIpc) is 3.31. The summed E-state index contributed by atoms with van der Waals surface area (Å²) < 4.78 is 10.6. The van der Waals surface area contributed by atoms with E-state index in [0.717, 1.165) is 12.8 Å². The van der Waals surface area contributed by atoms with E-state index in [1.54, 1.807) is 31.3 Å². The molecule has 2 atom stereocenters. The molecule has 2 aromatic rings. The van der Waals surface area contributed by atoms with Crippen molar-refractivity contribution < 1.29 is 19.1 Å². The van der Waals surface area contributed by atoms with Crippen molar-refractivity contribution >= 4 is 17.5 Å². The average molecular weight is 380 g/mol. The van der Waals surface area contributed by atoms with Crippen LogP contribution in [0.3, 0.4) is 0 Å². The van der Waals surface area contributed by atoms with Gasteiger partial charge in [-0.2, -0.15) is 0 Å². The Kier molecular flexibility index (Phi) is 4.94. The molecule has 1 aliphatic heterocycles. The zero-order valence-electron chi connectivity index (χ0n) is 16.1. The maximum atomic E-state index is 12.8. The van der Waals surface area contributed by atoms with Crippen molar-refractivity contribution in [3.05, 3.63) is 53.6 Å². The maximum Gasteiger partial charge on any atom is 0.227 e. The van der Waals surface area contributed by atoms with Crippen LogP contribution in [0.4, 0.5) is 5.69 Å². The van der Waals surface area contributed by atoms with Crippen LogP contribution in [-0.4, -0.2) is 32.6 Å². The third-order valence-corrected chi connectivity index (χ3v) is 5.62. The van der Waals surface area contributed by atoms with Gasteiger partial charge in [-0.1, -0.05) is 24.3 Å². The van der Waals surface area contributed by atoms with Crippen molar-refractivity contribution in [3.8, 4) is 11.5 Å². The third kappa shape index (κ3) is 3.30. The summed E-state index contributed by atoms with van der Waals surface area (Å²) in [5, 5.41) is 3.15. The highest BCUT2D eigenvalue weighted by Gasteiger charge is 2.37. The lowest BCUT2D eigenvalue weighted by atomic mass is 10.1. The second-order valence-electron chi connectivity index (χ2n) is 7.24. The number of nitrogens with one attached hydrogen (secondary N) is 1. The fourth-order valence-electron chi connectivity index (χ4n) is 4.12. The van der Waals surface area contributed by atoms with Gasteiger partial charge in [-0.15, -0.1) is 0 Å². The molecule has 1 saturated heterocycles. The van der Waals surface area contributed by atoms with Gasteiger partial charge in [-0.3, -0.25) is 9.59 Å². The number of carbonyl (C=O) groups excluding carboxylic acids is 2. The molecule has 146 valence electrons. The van der Waals surface area contributed by atoms with E-state index < -0.39 is 0 Å². The molecule has 1 aliphatic carbocycles. The predicted molar refractivity (Wildman–Crippen MR) is 106 cm³/mol. The minimum absolute atomic E-state index is 0.0360. The van der Waals surface area contributed by atoms with E-state index in [1.807, 2.05) is 18.2 Å². The molecule has 2 aromatic carbocycles. The molecule has 28 heavy (non-hydrogen) atoms. The molecule has 6 heteroatoms. The van der Waals surface area contributed by atoms with E-state index >= 15 is 0 Å². The van der Waals surface area contributed by atoms with Crippen LogP contribution in [0.25, 0.3) is 0 Å². The number of nitrogens with zero attached hydrogens (tertiary/aromatic N) is 1. The summed E-state index contributed by atoms with van der Waals surface area (Å²) in [4.78, 5) is 27.0. The van der Waals surface area contributed by atoms with Crippen LogP contribution in [0.1, 0.15) is 30.0 Å². The van der Waals surface area contributed by atoms with Crippen LogP contribution in [0.15, 0.2) is 42.5 Å². The van der Waals surface area contributed by atoms with Gasteiger partial charge in [-0.05, 0) is 36.1 Å². The first-order chi connectivity index (χ1) is 13.6. The summed E-state index contributed by atoms with van der Waals surface area (Å²) in [5.41, 5.74) is 3.20. The molecule has 0 saturated carbocycles. The first-order valence-corrected chi connectivity index (χ1v) is 9.51. The lowest BCUT2D eigenvalue weighted by Crippen LogP contribution is -2.34. The van der Waals surface area contributed by atoms with Gasteiger partial charge in [-0.25, -0.2) is 0 Å². The number of aryl methyl sites for hydroxylation is 1. The lowest BCUT2D eigenvalue weighted by molar-refractivity contribution is -0.127. The molecule has 1 heterocycles. The molecule has 6 nitrogen and oxygen atoms in total. The number of methoxy groups -OCH3 is 2. The molecule has 0 aromatic heterocycles. The van der Waals surface area contributed by atoms with Gasteiger partial charge in [0.05, 0.1) is 26.2 Å². The van der Waals surface area contributed by atoms with Gasteiger partial charge >= 0.3 is 0 Å². The molecule has 2 unspecified atom stereocenters. The molecule has 0 bridgehead atoms. The van der Waals surface area contributed by atoms with Gasteiger partial charge in [0.15, 0.2) is 11.5 Å². The minimum Gasteiger partial charge on any atom is -0.493 e. The van der Waals surface area contributed by atoms with E-state index in [-0.39, 0.29) is 30.2 Å². The molecule has 0 radical (unpaired) electrons. The minimum atomic E-state index is -0.353. The largest absolute Gasteiger partial charge is 0.493 e. The standard InChI is InChI=1S/C22H24N2O4/c1-27-19-10-8-16(12-20(19)28-2)24-13-15(11-21(24)25)22(26)23-18-9-7-14-5-3-4-6-17(14)18/h3-6,8,10,12,15,18H,7,9,11,13H2,1-2H3,(H,23,26). The number of rotatable bonds is 5. The summed E-state index contributed by atoms with van der Waals surface area (Å²) in [6.45, 7) is 0.370. The van der Waals surface area contributed by atoms with Gasteiger partial charge in [0.25, 0.3) is 0 Å². The number of benzene rings is 2. The topological polar surface area (TPSA) is 67.9 Å². The van der Waals surface area contributed by atoms with Crippen molar-refractivity contribution in [1.29, 1.82) is 0 Å². The predicted octanol–water partition coefficient (Wildman–Crippen LogP) is 2.86. The van der Waals surface area contributed by atoms with Crippen molar-refractivity contribution in [2.75, 3.05) is 25.7 Å². The highest BCUT2D eigenvalue weighted by atomic mass is 16.5. The summed E-state index contributed by atoms with van der Waals surface area (Å²) >= 11 is 0. The smallest absolute Gasteiger partial charge is 0.227 e. The Bertz CT molecular complexity index is 911. The van der Waals surface area contributed by atoms with Gasteiger partial charge in [0.1, 0.15) is 0 Å². The Hall–Kier alpha value is -3.02. The Labute approximate surface area is 164 Å². The van der Waals surface area contributed by atoms with Crippen LogP contribution in [0.2, 0.25) is 0 Å². The molecular formula is C22H24N2O4. The Morgan fingerprint density at radius 2 is 1.89 bits per heavy atom. The zero-order chi connectivity index (χ0) is 19.7. The molecule has 2 amide bonds. The number of amides is 2. The van der Waals surface area contributed by atoms with Crippen LogP contribution in [-0.2, 0) is 16.0 Å². The van der Waals surface area contributed by atoms with Gasteiger partial charge < -0.3 is 19.7 Å². The zero-order valence-corrected chi connectivity index (χ0v) is 16.1. The fraction of sp³-hybridized carbons (Fsp3) is 0.364. The van der Waals surface area contributed by atoms with Crippen molar-refractivity contribution in [2.24, 2.45) is 5.92 Å². The summed E-state index contributed by atoms with van der Waals surface area (Å²) in [6.07, 6.45) is 2.10. The number of anilines is 1. The molecule has 1 N–H and O–H groups in total. The van der Waals surface area contributed by atoms with E-state index in [9.17, 15) is 9.59 Å². The number of hydrogen-bond acceptors (Lipinski definition) is 4. The molecular weight excluding hydrogens is 356 g/mol. The van der Waals surface area contributed by atoms with Gasteiger partial charge in [0, 0.05) is 24.7 Å². The fourth-order valence-corrected chi connectivity index (χ4v) is 4.12. The van der Waals surface area contributed by atoms with Crippen LogP contribution < -0.4 is 19.7 Å². The number of hydrogen-bond donors (Lipinski definition) is 1. The molecule has 1 fully saturated rings. The maximum absolute atomic E-state index is 12.8. The number of carbonyl (C=O) groups is 2.